The van der Waals surface area contributed by atoms with Crippen molar-refractivity contribution in [2.45, 2.75) is 25.8 Å². The van der Waals surface area contributed by atoms with E-state index in [1.807, 2.05) is 0 Å². The number of carbonyl (C=O) groups is 1. The van der Waals surface area contributed by atoms with Gasteiger partial charge in [0.2, 0.25) is 0 Å². The van der Waals surface area contributed by atoms with Gasteiger partial charge in [0, 0.05) is 22.8 Å². The second-order valence-electron chi connectivity index (χ2n) is 4.42. The Labute approximate surface area is 111 Å². The first-order chi connectivity index (χ1) is 8.70. The number of aryl methyl sites for hydroxylation is 1. The molecule has 1 N–H and O–H groups in total. The molecule has 0 saturated carbocycles. The summed E-state index contributed by atoms with van der Waals surface area (Å²) in [6, 6.07) is 4.18. The lowest BCUT2D eigenvalue weighted by Crippen LogP contribution is -2.39. The smallest absolute Gasteiger partial charge is 0.305 e. The van der Waals surface area contributed by atoms with Crippen molar-refractivity contribution < 1.29 is 14.6 Å². The average molecular weight is 269 g/mol. The van der Waals surface area contributed by atoms with Crippen molar-refractivity contribution in [1.82, 2.24) is 4.90 Å². The van der Waals surface area contributed by atoms with Gasteiger partial charge < -0.3 is 9.84 Å². The number of aliphatic carboxylic acids is 1. The minimum absolute atomic E-state index is 0.00306. The predicted molar refractivity (Wildman–Crippen MR) is 71.1 cm³/mol. The topological polar surface area (TPSA) is 49.8 Å². The standard InChI is InChI=1S/C13H19NO3S/c1-2-10-3-4-12(18-10)11(9-13(15)16)14-5-7-17-8-6-14/h3-4,11H,2,5-9H2,1H3,(H,15,16). The van der Waals surface area contributed by atoms with Gasteiger partial charge >= 0.3 is 5.97 Å². The van der Waals surface area contributed by atoms with Crippen molar-refractivity contribution in [2.24, 2.45) is 0 Å². The van der Waals surface area contributed by atoms with Crippen LogP contribution >= 0.6 is 11.3 Å². The molecule has 1 aliphatic rings. The van der Waals surface area contributed by atoms with Crippen molar-refractivity contribution in [3.8, 4) is 0 Å². The molecule has 18 heavy (non-hydrogen) atoms. The third-order valence-electron chi connectivity index (χ3n) is 3.21. The Balaban J connectivity index is 2.15. The van der Waals surface area contributed by atoms with E-state index in [0.29, 0.717) is 13.2 Å². The summed E-state index contributed by atoms with van der Waals surface area (Å²) < 4.78 is 5.33. The molecule has 0 aromatic carbocycles. The SMILES string of the molecule is CCc1ccc(C(CC(=O)O)N2CCOCC2)s1. The molecular weight excluding hydrogens is 250 g/mol. The van der Waals surface area contributed by atoms with E-state index in [0.717, 1.165) is 24.4 Å². The monoisotopic (exact) mass is 269 g/mol. The van der Waals surface area contributed by atoms with Crippen molar-refractivity contribution in [1.29, 1.82) is 0 Å². The molecule has 0 aliphatic carbocycles. The summed E-state index contributed by atoms with van der Waals surface area (Å²) in [5, 5.41) is 9.09. The minimum atomic E-state index is -0.738. The Hall–Kier alpha value is -0.910. The summed E-state index contributed by atoms with van der Waals surface area (Å²) in [5.74, 6) is -0.738. The first-order valence-corrected chi connectivity index (χ1v) is 7.14. The molecule has 2 rings (SSSR count). The fraction of sp³-hybridized carbons (Fsp3) is 0.615. The van der Waals surface area contributed by atoms with Crippen LogP contribution in [0.5, 0.6) is 0 Å². The van der Waals surface area contributed by atoms with Gasteiger partial charge in [0.1, 0.15) is 0 Å². The summed E-state index contributed by atoms with van der Waals surface area (Å²) in [6.45, 7) is 5.15. The van der Waals surface area contributed by atoms with Gasteiger partial charge in [0.05, 0.1) is 25.7 Å². The normalized spacial score (nSPS) is 18.7. The molecule has 0 spiro atoms. The van der Waals surface area contributed by atoms with Gasteiger partial charge in [-0.05, 0) is 18.6 Å². The molecule has 1 unspecified atom stereocenters. The van der Waals surface area contributed by atoms with Crippen molar-refractivity contribution in [3.63, 3.8) is 0 Å². The summed E-state index contributed by atoms with van der Waals surface area (Å²) >= 11 is 1.73. The summed E-state index contributed by atoms with van der Waals surface area (Å²) in [4.78, 5) is 15.8. The number of thiophene rings is 1. The minimum Gasteiger partial charge on any atom is -0.481 e. The maximum Gasteiger partial charge on any atom is 0.305 e. The Kier molecular flexibility index (Phi) is 4.74. The van der Waals surface area contributed by atoms with Crippen LogP contribution < -0.4 is 0 Å². The van der Waals surface area contributed by atoms with E-state index in [9.17, 15) is 4.79 Å². The van der Waals surface area contributed by atoms with Gasteiger partial charge in [-0.2, -0.15) is 0 Å². The third kappa shape index (κ3) is 3.31. The van der Waals surface area contributed by atoms with E-state index in [1.54, 1.807) is 11.3 Å². The van der Waals surface area contributed by atoms with Gasteiger partial charge in [-0.3, -0.25) is 9.69 Å². The quantitative estimate of drug-likeness (QED) is 0.890. The zero-order valence-corrected chi connectivity index (χ0v) is 11.4. The summed E-state index contributed by atoms with van der Waals surface area (Å²) in [5.41, 5.74) is 0. The third-order valence-corrected chi connectivity index (χ3v) is 4.54. The number of ether oxygens (including phenoxy) is 1. The molecule has 4 nitrogen and oxygen atoms in total. The molecule has 1 fully saturated rings. The molecule has 0 bridgehead atoms. The highest BCUT2D eigenvalue weighted by Crippen LogP contribution is 2.31. The zero-order chi connectivity index (χ0) is 13.0. The van der Waals surface area contributed by atoms with Crippen LogP contribution in [0.1, 0.15) is 29.1 Å². The first-order valence-electron chi connectivity index (χ1n) is 6.33. The van der Waals surface area contributed by atoms with Crippen LogP contribution in [0.4, 0.5) is 0 Å². The molecular formula is C13H19NO3S. The number of carboxylic acid groups (broad SMARTS) is 1. The average Bonchev–Trinajstić information content (AvgIpc) is 2.85. The van der Waals surface area contributed by atoms with Crippen LogP contribution in [0.15, 0.2) is 12.1 Å². The molecule has 0 radical (unpaired) electrons. The molecule has 2 heterocycles. The number of nitrogens with zero attached hydrogens (tertiary/aromatic N) is 1. The molecule has 0 amide bonds. The van der Waals surface area contributed by atoms with E-state index in [2.05, 4.69) is 24.0 Å². The highest BCUT2D eigenvalue weighted by atomic mass is 32.1. The van der Waals surface area contributed by atoms with Crippen LogP contribution in [0.3, 0.4) is 0 Å². The Bertz CT molecular complexity index is 399. The lowest BCUT2D eigenvalue weighted by Gasteiger charge is -2.33. The van der Waals surface area contributed by atoms with E-state index < -0.39 is 5.97 Å². The van der Waals surface area contributed by atoms with Gasteiger partial charge in [-0.1, -0.05) is 6.92 Å². The largest absolute Gasteiger partial charge is 0.481 e. The Morgan fingerprint density at radius 1 is 1.50 bits per heavy atom. The number of hydrogen-bond acceptors (Lipinski definition) is 4. The van der Waals surface area contributed by atoms with Crippen LogP contribution in [-0.2, 0) is 16.0 Å². The second kappa shape index (κ2) is 6.31. The zero-order valence-electron chi connectivity index (χ0n) is 10.6. The number of morpholine rings is 1. The molecule has 5 heteroatoms. The van der Waals surface area contributed by atoms with Gasteiger partial charge in [-0.25, -0.2) is 0 Å². The first kappa shape index (κ1) is 13.5. The fourth-order valence-electron chi connectivity index (χ4n) is 2.23. The lowest BCUT2D eigenvalue weighted by molar-refractivity contribution is -0.139. The van der Waals surface area contributed by atoms with Crippen LogP contribution in [0.25, 0.3) is 0 Å². The van der Waals surface area contributed by atoms with Crippen molar-refractivity contribution >= 4 is 17.3 Å². The predicted octanol–water partition coefficient (Wildman–Crippen LogP) is 2.16. The fourth-order valence-corrected chi connectivity index (χ4v) is 3.32. The van der Waals surface area contributed by atoms with Crippen molar-refractivity contribution in [2.75, 3.05) is 26.3 Å². The van der Waals surface area contributed by atoms with E-state index in [-0.39, 0.29) is 12.5 Å². The number of carboxylic acids is 1. The van der Waals surface area contributed by atoms with Crippen LogP contribution in [0, 0.1) is 0 Å². The van der Waals surface area contributed by atoms with Gasteiger partial charge in [0.15, 0.2) is 0 Å². The maximum atomic E-state index is 11.0. The maximum absolute atomic E-state index is 11.0. The molecule has 100 valence electrons. The lowest BCUT2D eigenvalue weighted by atomic mass is 10.1. The molecule has 1 aliphatic heterocycles. The summed E-state index contributed by atoms with van der Waals surface area (Å²) in [6.07, 6.45) is 1.18. The van der Waals surface area contributed by atoms with E-state index >= 15 is 0 Å². The highest BCUT2D eigenvalue weighted by molar-refractivity contribution is 7.12. The van der Waals surface area contributed by atoms with Crippen LogP contribution in [0.2, 0.25) is 0 Å². The highest BCUT2D eigenvalue weighted by Gasteiger charge is 2.26. The van der Waals surface area contributed by atoms with Gasteiger partial charge in [0.25, 0.3) is 0 Å². The Morgan fingerprint density at radius 2 is 2.22 bits per heavy atom. The number of rotatable bonds is 5. The van der Waals surface area contributed by atoms with Crippen molar-refractivity contribution in [3.05, 3.63) is 21.9 Å². The summed E-state index contributed by atoms with van der Waals surface area (Å²) in [7, 11) is 0. The van der Waals surface area contributed by atoms with E-state index in [1.165, 1.54) is 4.88 Å². The Morgan fingerprint density at radius 3 is 2.78 bits per heavy atom. The van der Waals surface area contributed by atoms with Crippen LogP contribution in [-0.4, -0.2) is 42.3 Å². The molecule has 1 atom stereocenters. The molecule has 1 aromatic heterocycles. The molecule has 1 aromatic rings. The van der Waals surface area contributed by atoms with Gasteiger partial charge in [-0.15, -0.1) is 11.3 Å². The number of hydrogen-bond donors (Lipinski definition) is 1. The van der Waals surface area contributed by atoms with E-state index in [4.69, 9.17) is 9.84 Å². The molecule has 1 saturated heterocycles. The second-order valence-corrected chi connectivity index (χ2v) is 5.62.